The van der Waals surface area contributed by atoms with Gasteiger partial charge in [0.25, 0.3) is 0 Å². The van der Waals surface area contributed by atoms with E-state index in [1.807, 2.05) is 0 Å². The summed E-state index contributed by atoms with van der Waals surface area (Å²) in [6, 6.07) is 4.74. The van der Waals surface area contributed by atoms with Gasteiger partial charge in [0.15, 0.2) is 17.5 Å². The van der Waals surface area contributed by atoms with Crippen LogP contribution in [0.15, 0.2) is 17.1 Å². The Morgan fingerprint density at radius 1 is 1.23 bits per heavy atom. The van der Waals surface area contributed by atoms with E-state index < -0.39 is 0 Å². The van der Waals surface area contributed by atoms with Crippen LogP contribution in [0.2, 0.25) is 0 Å². The van der Waals surface area contributed by atoms with Crippen molar-refractivity contribution in [2.24, 2.45) is 4.99 Å². The molecule has 0 amide bonds. The van der Waals surface area contributed by atoms with Gasteiger partial charge in [-0.05, 0) is 57.5 Å². The first kappa shape index (κ1) is 20.4. The highest BCUT2D eigenvalue weighted by atomic mass is 16.5. The average Bonchev–Trinajstić information content (AvgIpc) is 2.65. The molecule has 0 spiro atoms. The van der Waals surface area contributed by atoms with Crippen LogP contribution in [0.5, 0.6) is 11.5 Å². The standard InChI is InChI=1S/C20H34N4O2/c1-7-21-20(22-9-11-23(4)15(2)3)24-10-8-16-12-18(25-5)19(26-6)13-17(16)14-24/h12-13,15H,7-11,14H2,1-6H3,(H,21,22). The SMILES string of the molecule is CCNC(=NCCN(C)C(C)C)N1CCc2cc(OC)c(OC)cc2C1. The Kier molecular flexibility index (Phi) is 7.57. The van der Waals surface area contributed by atoms with Crippen molar-refractivity contribution in [3.05, 3.63) is 23.3 Å². The van der Waals surface area contributed by atoms with Crippen molar-refractivity contribution in [3.63, 3.8) is 0 Å². The number of ether oxygens (including phenoxy) is 2. The van der Waals surface area contributed by atoms with E-state index in [2.05, 4.69) is 55.1 Å². The predicted octanol–water partition coefficient (Wildman–Crippen LogP) is 2.37. The largest absolute Gasteiger partial charge is 0.493 e. The molecule has 0 saturated heterocycles. The Balaban J connectivity index is 2.12. The van der Waals surface area contributed by atoms with Crippen LogP contribution in [-0.4, -0.2) is 69.2 Å². The lowest BCUT2D eigenvalue weighted by molar-refractivity contribution is 0.281. The fourth-order valence-electron chi connectivity index (χ4n) is 3.06. The molecule has 0 aromatic heterocycles. The number of fused-ring (bicyclic) bond motifs is 1. The third-order valence-corrected chi connectivity index (χ3v) is 4.95. The lowest BCUT2D eigenvalue weighted by atomic mass is 9.99. The van der Waals surface area contributed by atoms with Crippen LogP contribution >= 0.6 is 0 Å². The molecule has 6 heteroatoms. The number of guanidine groups is 1. The second-order valence-corrected chi connectivity index (χ2v) is 6.96. The highest BCUT2D eigenvalue weighted by molar-refractivity contribution is 5.80. The molecule has 1 aromatic carbocycles. The van der Waals surface area contributed by atoms with E-state index in [0.717, 1.165) is 56.6 Å². The van der Waals surface area contributed by atoms with E-state index in [0.29, 0.717) is 6.04 Å². The maximum absolute atomic E-state index is 5.46. The topological polar surface area (TPSA) is 49.3 Å². The van der Waals surface area contributed by atoms with Crippen molar-refractivity contribution >= 4 is 5.96 Å². The maximum Gasteiger partial charge on any atom is 0.194 e. The summed E-state index contributed by atoms with van der Waals surface area (Å²) in [7, 11) is 5.51. The van der Waals surface area contributed by atoms with Gasteiger partial charge in [-0.15, -0.1) is 0 Å². The predicted molar refractivity (Wildman–Crippen MR) is 107 cm³/mol. The normalized spacial score (nSPS) is 14.6. The zero-order chi connectivity index (χ0) is 19.1. The fraction of sp³-hybridized carbons (Fsp3) is 0.650. The zero-order valence-electron chi connectivity index (χ0n) is 17.1. The molecule has 1 N–H and O–H groups in total. The monoisotopic (exact) mass is 362 g/mol. The number of aliphatic imine (C=N–C) groups is 1. The highest BCUT2D eigenvalue weighted by Crippen LogP contribution is 2.33. The molecule has 0 fully saturated rings. The lowest BCUT2D eigenvalue weighted by Gasteiger charge is -2.32. The molecule has 1 aromatic rings. The summed E-state index contributed by atoms with van der Waals surface area (Å²) in [5, 5.41) is 3.44. The highest BCUT2D eigenvalue weighted by Gasteiger charge is 2.21. The van der Waals surface area contributed by atoms with Gasteiger partial charge in [0.1, 0.15) is 0 Å². The summed E-state index contributed by atoms with van der Waals surface area (Å²) in [6.45, 7) is 10.9. The maximum atomic E-state index is 5.46. The Bertz CT molecular complexity index is 616. The number of rotatable bonds is 7. The van der Waals surface area contributed by atoms with E-state index in [-0.39, 0.29) is 0 Å². The molecule has 0 radical (unpaired) electrons. The second kappa shape index (κ2) is 9.67. The van der Waals surface area contributed by atoms with E-state index in [1.54, 1.807) is 14.2 Å². The minimum Gasteiger partial charge on any atom is -0.493 e. The molecule has 1 aliphatic rings. The van der Waals surface area contributed by atoms with Crippen molar-refractivity contribution in [2.45, 2.75) is 39.8 Å². The number of nitrogens with zero attached hydrogens (tertiary/aromatic N) is 3. The molecule has 6 nitrogen and oxygen atoms in total. The van der Waals surface area contributed by atoms with E-state index in [9.17, 15) is 0 Å². The number of hydrogen-bond acceptors (Lipinski definition) is 4. The molecule has 26 heavy (non-hydrogen) atoms. The van der Waals surface area contributed by atoms with Gasteiger partial charge in [-0.3, -0.25) is 4.99 Å². The number of benzene rings is 1. The Morgan fingerprint density at radius 2 is 1.88 bits per heavy atom. The molecule has 2 rings (SSSR count). The van der Waals surface area contributed by atoms with Crippen molar-refractivity contribution in [3.8, 4) is 11.5 Å². The van der Waals surface area contributed by atoms with Crippen molar-refractivity contribution in [1.82, 2.24) is 15.1 Å². The number of likely N-dealkylation sites (N-methyl/N-ethyl adjacent to an activating group) is 1. The molecule has 0 unspecified atom stereocenters. The molecular weight excluding hydrogens is 328 g/mol. The lowest BCUT2D eigenvalue weighted by Crippen LogP contribution is -2.44. The third kappa shape index (κ3) is 5.04. The smallest absolute Gasteiger partial charge is 0.194 e. The van der Waals surface area contributed by atoms with E-state index in [4.69, 9.17) is 14.5 Å². The van der Waals surface area contributed by atoms with Crippen LogP contribution in [0.25, 0.3) is 0 Å². The zero-order valence-corrected chi connectivity index (χ0v) is 17.1. The van der Waals surface area contributed by atoms with Crippen molar-refractivity contribution in [2.75, 3.05) is 47.4 Å². The van der Waals surface area contributed by atoms with Gasteiger partial charge in [-0.25, -0.2) is 0 Å². The van der Waals surface area contributed by atoms with Crippen LogP contribution in [0.1, 0.15) is 31.9 Å². The second-order valence-electron chi connectivity index (χ2n) is 6.96. The van der Waals surface area contributed by atoms with Gasteiger partial charge >= 0.3 is 0 Å². The summed E-state index contributed by atoms with van der Waals surface area (Å²) < 4.78 is 10.9. The quantitative estimate of drug-likeness (QED) is 0.596. The molecule has 0 saturated carbocycles. The Morgan fingerprint density at radius 3 is 2.46 bits per heavy atom. The number of methoxy groups -OCH3 is 2. The van der Waals surface area contributed by atoms with Gasteiger partial charge < -0.3 is 24.6 Å². The third-order valence-electron chi connectivity index (χ3n) is 4.95. The van der Waals surface area contributed by atoms with Crippen LogP contribution < -0.4 is 14.8 Å². The Hall–Kier alpha value is -1.95. The summed E-state index contributed by atoms with van der Waals surface area (Å²) in [4.78, 5) is 9.48. The minimum atomic E-state index is 0.539. The number of hydrogen-bond donors (Lipinski definition) is 1. The Labute approximate surface area is 158 Å². The van der Waals surface area contributed by atoms with Crippen molar-refractivity contribution < 1.29 is 9.47 Å². The van der Waals surface area contributed by atoms with Crippen LogP contribution in [0.4, 0.5) is 0 Å². The molecule has 1 heterocycles. The van der Waals surface area contributed by atoms with Crippen LogP contribution in [0, 0.1) is 0 Å². The molecule has 0 atom stereocenters. The summed E-state index contributed by atoms with van der Waals surface area (Å²) in [5.41, 5.74) is 2.60. The molecule has 146 valence electrons. The molecular formula is C20H34N4O2. The first-order chi connectivity index (χ1) is 12.5. The summed E-state index contributed by atoms with van der Waals surface area (Å²) in [6.07, 6.45) is 0.978. The first-order valence-electron chi connectivity index (χ1n) is 9.47. The number of nitrogens with one attached hydrogen (secondary N) is 1. The van der Waals surface area contributed by atoms with Crippen molar-refractivity contribution in [1.29, 1.82) is 0 Å². The average molecular weight is 363 g/mol. The van der Waals surface area contributed by atoms with Gasteiger partial charge in [-0.1, -0.05) is 0 Å². The first-order valence-corrected chi connectivity index (χ1v) is 9.47. The van der Waals surface area contributed by atoms with Gasteiger partial charge in [0.05, 0.1) is 20.8 Å². The molecule has 0 aliphatic carbocycles. The van der Waals surface area contributed by atoms with Crippen LogP contribution in [0.3, 0.4) is 0 Å². The fourth-order valence-corrected chi connectivity index (χ4v) is 3.06. The summed E-state index contributed by atoms with van der Waals surface area (Å²) >= 11 is 0. The minimum absolute atomic E-state index is 0.539. The van der Waals surface area contributed by atoms with E-state index in [1.165, 1.54) is 11.1 Å². The van der Waals surface area contributed by atoms with E-state index >= 15 is 0 Å². The van der Waals surface area contributed by atoms with Crippen LogP contribution in [-0.2, 0) is 13.0 Å². The summed E-state index contributed by atoms with van der Waals surface area (Å²) in [5.74, 6) is 2.58. The molecule has 0 bridgehead atoms. The van der Waals surface area contributed by atoms with Gasteiger partial charge in [0, 0.05) is 32.2 Å². The van der Waals surface area contributed by atoms with Gasteiger partial charge in [0.2, 0.25) is 0 Å². The molecule has 1 aliphatic heterocycles. The van der Waals surface area contributed by atoms with Gasteiger partial charge in [-0.2, -0.15) is 0 Å².